The van der Waals surface area contributed by atoms with Crippen molar-refractivity contribution in [2.75, 3.05) is 19.7 Å². The first-order valence-corrected chi connectivity index (χ1v) is 6.35. The molecule has 21 heavy (non-hydrogen) atoms. The molecule has 0 unspecified atom stereocenters. The Balaban J connectivity index is 3.09. The third-order valence-electron chi connectivity index (χ3n) is 2.82. The van der Waals surface area contributed by atoms with E-state index in [2.05, 4.69) is 11.8 Å². The Hall–Kier alpha value is -2.00. The predicted molar refractivity (Wildman–Crippen MR) is 72.8 cm³/mol. The fraction of sp³-hybridized carbons (Fsp3) is 0.400. The lowest BCUT2D eigenvalue weighted by atomic mass is 10.0. The molecule has 0 atom stereocenters. The van der Waals surface area contributed by atoms with Crippen LogP contribution in [-0.4, -0.2) is 41.8 Å². The van der Waals surface area contributed by atoms with E-state index in [9.17, 15) is 18.0 Å². The molecule has 0 bridgehead atoms. The van der Waals surface area contributed by atoms with E-state index in [1.807, 2.05) is 0 Å². The van der Waals surface area contributed by atoms with Crippen LogP contribution < -0.4 is 0 Å². The third-order valence-corrected chi connectivity index (χ3v) is 2.82. The zero-order valence-corrected chi connectivity index (χ0v) is 11.8. The van der Waals surface area contributed by atoms with Crippen molar-refractivity contribution in [3.05, 3.63) is 34.9 Å². The topological polar surface area (TPSA) is 40.5 Å². The summed E-state index contributed by atoms with van der Waals surface area (Å²) < 4.78 is 37.4. The maximum atomic E-state index is 12.5. The number of hydrogen-bond donors (Lipinski definition) is 1. The number of carbonyl (C=O) groups is 1. The maximum Gasteiger partial charge on any atom is 0.406 e. The molecule has 1 rings (SSSR count). The fourth-order valence-electron chi connectivity index (χ4n) is 1.79. The van der Waals surface area contributed by atoms with E-state index in [-0.39, 0.29) is 18.7 Å². The van der Waals surface area contributed by atoms with Crippen LogP contribution in [0.15, 0.2) is 18.2 Å². The lowest BCUT2D eigenvalue weighted by molar-refractivity contribution is -0.140. The lowest BCUT2D eigenvalue weighted by Crippen LogP contribution is -2.39. The second-order valence-electron chi connectivity index (χ2n) is 4.42. The van der Waals surface area contributed by atoms with Crippen molar-refractivity contribution in [2.24, 2.45) is 0 Å². The van der Waals surface area contributed by atoms with Crippen LogP contribution in [0.25, 0.3) is 0 Å². The molecule has 6 heteroatoms. The minimum absolute atomic E-state index is 0.0374. The molecule has 0 radical (unpaired) electrons. The number of alkyl halides is 3. The molecule has 0 fully saturated rings. The zero-order chi connectivity index (χ0) is 16.0. The van der Waals surface area contributed by atoms with Crippen LogP contribution in [-0.2, 0) is 0 Å². The average molecular weight is 299 g/mol. The number of aryl methyl sites for hydroxylation is 1. The molecule has 1 N–H and O–H groups in total. The second kappa shape index (κ2) is 7.14. The molecular formula is C15H16F3NO2. The molecule has 0 aliphatic carbocycles. The summed E-state index contributed by atoms with van der Waals surface area (Å²) in [4.78, 5) is 13.0. The minimum Gasteiger partial charge on any atom is -0.384 e. The van der Waals surface area contributed by atoms with Crippen molar-refractivity contribution in [1.29, 1.82) is 0 Å². The first-order chi connectivity index (χ1) is 9.78. The maximum absolute atomic E-state index is 12.5. The third kappa shape index (κ3) is 5.12. The number of carbonyl (C=O) groups excluding carboxylic acids is 1. The largest absolute Gasteiger partial charge is 0.406 e. The van der Waals surface area contributed by atoms with Gasteiger partial charge >= 0.3 is 6.18 Å². The monoisotopic (exact) mass is 299 g/mol. The van der Waals surface area contributed by atoms with Gasteiger partial charge in [0.05, 0.1) is 0 Å². The summed E-state index contributed by atoms with van der Waals surface area (Å²) >= 11 is 0. The van der Waals surface area contributed by atoms with Crippen molar-refractivity contribution < 1.29 is 23.1 Å². The van der Waals surface area contributed by atoms with Crippen LogP contribution >= 0.6 is 0 Å². The number of hydrogen-bond acceptors (Lipinski definition) is 2. The van der Waals surface area contributed by atoms with Gasteiger partial charge in [0.1, 0.15) is 13.2 Å². The molecule has 0 aromatic heterocycles. The van der Waals surface area contributed by atoms with E-state index in [0.717, 1.165) is 4.90 Å². The van der Waals surface area contributed by atoms with Crippen molar-refractivity contribution in [3.8, 4) is 11.8 Å². The molecule has 114 valence electrons. The van der Waals surface area contributed by atoms with Gasteiger partial charge in [-0.3, -0.25) is 4.79 Å². The van der Waals surface area contributed by atoms with Crippen molar-refractivity contribution >= 4 is 5.91 Å². The van der Waals surface area contributed by atoms with Gasteiger partial charge in [-0.2, -0.15) is 13.2 Å². The molecule has 3 nitrogen and oxygen atoms in total. The van der Waals surface area contributed by atoms with Gasteiger partial charge in [-0.25, -0.2) is 0 Å². The summed E-state index contributed by atoms with van der Waals surface area (Å²) in [7, 11) is 0. The zero-order valence-electron chi connectivity index (χ0n) is 11.8. The summed E-state index contributed by atoms with van der Waals surface area (Å²) in [6, 6.07) is 4.71. The van der Waals surface area contributed by atoms with Gasteiger partial charge in [-0.05, 0) is 31.5 Å². The highest BCUT2D eigenvalue weighted by atomic mass is 19.4. The Morgan fingerprint density at radius 1 is 1.38 bits per heavy atom. The standard InChI is InChI=1S/C15H16F3NO2/c1-3-19(10-15(16,17)18)14(21)13-9-12(5-4-8-20)7-6-11(13)2/h6-7,9,20H,3,8,10H2,1-2H3. The number of benzene rings is 1. The van der Waals surface area contributed by atoms with E-state index in [4.69, 9.17) is 5.11 Å². The van der Waals surface area contributed by atoms with E-state index in [1.165, 1.54) is 13.0 Å². The molecule has 1 amide bonds. The number of rotatable bonds is 3. The van der Waals surface area contributed by atoms with Crippen LogP contribution in [0.2, 0.25) is 0 Å². The Kier molecular flexibility index (Phi) is 5.79. The number of aliphatic hydroxyl groups excluding tert-OH is 1. The number of amides is 1. The van der Waals surface area contributed by atoms with Crippen molar-refractivity contribution in [3.63, 3.8) is 0 Å². The van der Waals surface area contributed by atoms with Gasteiger partial charge in [0.15, 0.2) is 0 Å². The molecule has 0 aliphatic rings. The molecular weight excluding hydrogens is 283 g/mol. The Bertz CT molecular complexity index is 571. The van der Waals surface area contributed by atoms with Crippen LogP contribution in [0.5, 0.6) is 0 Å². The highest BCUT2D eigenvalue weighted by Crippen LogP contribution is 2.19. The van der Waals surface area contributed by atoms with Gasteiger partial charge in [0.2, 0.25) is 0 Å². The predicted octanol–water partition coefficient (Wildman–Crippen LogP) is 2.36. The molecule has 0 saturated carbocycles. The molecule has 0 saturated heterocycles. The summed E-state index contributed by atoms with van der Waals surface area (Å²) in [5, 5.41) is 8.64. The number of nitrogens with zero attached hydrogens (tertiary/aromatic N) is 1. The van der Waals surface area contributed by atoms with E-state index >= 15 is 0 Å². The molecule has 1 aromatic rings. The quantitative estimate of drug-likeness (QED) is 0.871. The minimum atomic E-state index is -4.44. The summed E-state index contributed by atoms with van der Waals surface area (Å²) in [5.74, 6) is 4.38. The van der Waals surface area contributed by atoms with Crippen LogP contribution in [0.4, 0.5) is 13.2 Å². The number of aliphatic hydroxyl groups is 1. The molecule has 1 aromatic carbocycles. The normalized spacial score (nSPS) is 10.8. The summed E-state index contributed by atoms with van der Waals surface area (Å²) in [5.41, 5.74) is 1.24. The summed E-state index contributed by atoms with van der Waals surface area (Å²) in [6.07, 6.45) is -4.44. The average Bonchev–Trinajstić information content (AvgIpc) is 2.42. The van der Waals surface area contributed by atoms with Gasteiger partial charge in [0, 0.05) is 17.7 Å². The SMILES string of the molecule is CCN(CC(F)(F)F)C(=O)c1cc(C#CCO)ccc1C. The first-order valence-electron chi connectivity index (χ1n) is 6.35. The van der Waals surface area contributed by atoms with Crippen LogP contribution in [0.3, 0.4) is 0 Å². The molecule has 0 spiro atoms. The van der Waals surface area contributed by atoms with E-state index < -0.39 is 18.6 Å². The smallest absolute Gasteiger partial charge is 0.384 e. The van der Waals surface area contributed by atoms with E-state index in [0.29, 0.717) is 11.1 Å². The van der Waals surface area contributed by atoms with Crippen molar-refractivity contribution in [2.45, 2.75) is 20.0 Å². The Morgan fingerprint density at radius 2 is 2.05 bits per heavy atom. The fourth-order valence-corrected chi connectivity index (χ4v) is 1.79. The molecule has 0 aliphatic heterocycles. The molecule has 0 heterocycles. The van der Waals surface area contributed by atoms with E-state index in [1.54, 1.807) is 19.1 Å². The van der Waals surface area contributed by atoms with Gasteiger partial charge < -0.3 is 10.0 Å². The highest BCUT2D eigenvalue weighted by Gasteiger charge is 2.32. The van der Waals surface area contributed by atoms with Crippen LogP contribution in [0, 0.1) is 18.8 Å². The van der Waals surface area contributed by atoms with Gasteiger partial charge in [0.25, 0.3) is 5.91 Å². The Morgan fingerprint density at radius 3 is 2.57 bits per heavy atom. The van der Waals surface area contributed by atoms with Gasteiger partial charge in [-0.1, -0.05) is 17.9 Å². The lowest BCUT2D eigenvalue weighted by Gasteiger charge is -2.23. The highest BCUT2D eigenvalue weighted by molar-refractivity contribution is 5.96. The first kappa shape index (κ1) is 17.1. The Labute approximate surface area is 121 Å². The van der Waals surface area contributed by atoms with Crippen LogP contribution in [0.1, 0.15) is 28.4 Å². The van der Waals surface area contributed by atoms with Crippen molar-refractivity contribution in [1.82, 2.24) is 4.90 Å². The summed E-state index contributed by atoms with van der Waals surface area (Å²) in [6.45, 7) is 1.50. The van der Waals surface area contributed by atoms with Gasteiger partial charge in [-0.15, -0.1) is 0 Å². The second-order valence-corrected chi connectivity index (χ2v) is 4.42. The number of halogens is 3.